The molecule has 1 aromatic rings. The molecule has 0 aromatic carbocycles. The molecule has 1 aromatic heterocycles. The summed E-state index contributed by atoms with van der Waals surface area (Å²) >= 11 is 5.86. The number of methoxy groups -OCH3 is 1. The zero-order valence-electron chi connectivity index (χ0n) is 11.0. The van der Waals surface area contributed by atoms with E-state index >= 15 is 0 Å². The number of anilines is 1. The van der Waals surface area contributed by atoms with Crippen molar-refractivity contribution in [3.05, 3.63) is 22.8 Å². The fourth-order valence-corrected chi connectivity index (χ4v) is 2.45. The number of ether oxygens (including phenoxy) is 2. The van der Waals surface area contributed by atoms with Crippen molar-refractivity contribution in [3.8, 4) is 0 Å². The second kappa shape index (κ2) is 6.21. The molecular formula is C13H17ClN2O3. The second-order valence-electron chi connectivity index (χ2n) is 4.46. The van der Waals surface area contributed by atoms with E-state index in [0.29, 0.717) is 11.4 Å². The standard InChI is InChI=1S/C13H17ClN2O3/c1-15-12-7-8(6-11(14)16-12)13(17)19-10-5-3-4-9(10)18-2/h6-7,9-10H,3-5H2,1-2H3,(H,15,16)/t9-,10-/m0/s1. The summed E-state index contributed by atoms with van der Waals surface area (Å²) in [6.45, 7) is 0. The van der Waals surface area contributed by atoms with Crippen LogP contribution >= 0.6 is 11.6 Å². The largest absolute Gasteiger partial charge is 0.456 e. The van der Waals surface area contributed by atoms with Gasteiger partial charge in [-0.15, -0.1) is 0 Å². The highest BCUT2D eigenvalue weighted by Gasteiger charge is 2.30. The summed E-state index contributed by atoms with van der Waals surface area (Å²) in [7, 11) is 3.35. The van der Waals surface area contributed by atoms with Gasteiger partial charge in [-0.1, -0.05) is 11.6 Å². The zero-order valence-corrected chi connectivity index (χ0v) is 11.7. The molecule has 0 radical (unpaired) electrons. The predicted molar refractivity (Wildman–Crippen MR) is 72.6 cm³/mol. The van der Waals surface area contributed by atoms with Crippen LogP contribution in [-0.2, 0) is 9.47 Å². The van der Waals surface area contributed by atoms with Gasteiger partial charge in [0, 0.05) is 14.2 Å². The molecule has 19 heavy (non-hydrogen) atoms. The van der Waals surface area contributed by atoms with E-state index in [1.807, 2.05) is 0 Å². The maximum Gasteiger partial charge on any atom is 0.338 e. The Morgan fingerprint density at radius 3 is 2.84 bits per heavy atom. The van der Waals surface area contributed by atoms with Crippen LogP contribution in [-0.4, -0.2) is 37.3 Å². The Hall–Kier alpha value is -1.33. The van der Waals surface area contributed by atoms with Gasteiger partial charge in [-0.05, 0) is 31.4 Å². The number of nitrogens with zero attached hydrogens (tertiary/aromatic N) is 1. The highest BCUT2D eigenvalue weighted by molar-refractivity contribution is 6.29. The van der Waals surface area contributed by atoms with Gasteiger partial charge in [0.1, 0.15) is 17.1 Å². The number of rotatable bonds is 4. The minimum absolute atomic E-state index is 0.00923. The number of nitrogens with one attached hydrogen (secondary N) is 1. The van der Waals surface area contributed by atoms with Crippen LogP contribution in [0.3, 0.4) is 0 Å². The molecule has 0 aliphatic heterocycles. The number of aromatic nitrogens is 1. The van der Waals surface area contributed by atoms with E-state index in [2.05, 4.69) is 10.3 Å². The lowest BCUT2D eigenvalue weighted by Gasteiger charge is -2.18. The summed E-state index contributed by atoms with van der Waals surface area (Å²) in [6.07, 6.45) is 2.58. The van der Waals surface area contributed by atoms with Crippen molar-refractivity contribution >= 4 is 23.4 Å². The first-order chi connectivity index (χ1) is 9.13. The molecular weight excluding hydrogens is 268 g/mol. The molecule has 2 atom stereocenters. The van der Waals surface area contributed by atoms with E-state index in [9.17, 15) is 4.79 Å². The predicted octanol–water partition coefficient (Wildman–Crippen LogP) is 2.50. The van der Waals surface area contributed by atoms with E-state index in [4.69, 9.17) is 21.1 Å². The van der Waals surface area contributed by atoms with Crippen LogP contribution in [0.25, 0.3) is 0 Å². The Morgan fingerprint density at radius 2 is 2.16 bits per heavy atom. The molecule has 0 bridgehead atoms. The third kappa shape index (κ3) is 3.36. The Bertz CT molecular complexity index is 467. The average Bonchev–Trinajstić information content (AvgIpc) is 2.85. The number of carbonyl (C=O) groups is 1. The van der Waals surface area contributed by atoms with Crippen LogP contribution < -0.4 is 5.32 Å². The molecule has 0 amide bonds. The highest BCUT2D eigenvalue weighted by atomic mass is 35.5. The van der Waals surface area contributed by atoms with Crippen LogP contribution in [0.15, 0.2) is 12.1 Å². The molecule has 5 nitrogen and oxygen atoms in total. The molecule has 1 aliphatic carbocycles. The van der Waals surface area contributed by atoms with E-state index < -0.39 is 5.97 Å². The first kappa shape index (κ1) is 14.1. The molecule has 1 N–H and O–H groups in total. The Kier molecular flexibility index (Phi) is 4.61. The van der Waals surface area contributed by atoms with E-state index in [-0.39, 0.29) is 17.4 Å². The molecule has 104 valence electrons. The van der Waals surface area contributed by atoms with Gasteiger partial charge >= 0.3 is 5.97 Å². The van der Waals surface area contributed by atoms with Crippen molar-refractivity contribution in [2.24, 2.45) is 0 Å². The molecule has 0 spiro atoms. The lowest BCUT2D eigenvalue weighted by Crippen LogP contribution is -2.27. The number of halogens is 1. The summed E-state index contributed by atoms with van der Waals surface area (Å²) in [5.74, 6) is 0.143. The Labute approximate surface area is 117 Å². The average molecular weight is 285 g/mol. The normalized spacial score (nSPS) is 22.3. The van der Waals surface area contributed by atoms with Crippen LogP contribution in [0, 0.1) is 0 Å². The molecule has 0 saturated heterocycles. The van der Waals surface area contributed by atoms with Crippen molar-refractivity contribution < 1.29 is 14.3 Å². The number of pyridine rings is 1. The minimum atomic E-state index is -0.394. The van der Waals surface area contributed by atoms with Gasteiger partial charge < -0.3 is 14.8 Å². The molecule has 0 unspecified atom stereocenters. The molecule has 1 saturated carbocycles. The number of hydrogen-bond acceptors (Lipinski definition) is 5. The maximum absolute atomic E-state index is 12.1. The van der Waals surface area contributed by atoms with Crippen molar-refractivity contribution in [2.75, 3.05) is 19.5 Å². The van der Waals surface area contributed by atoms with Crippen molar-refractivity contribution in [2.45, 2.75) is 31.5 Å². The second-order valence-corrected chi connectivity index (χ2v) is 4.85. The van der Waals surface area contributed by atoms with Gasteiger partial charge in [-0.3, -0.25) is 0 Å². The van der Waals surface area contributed by atoms with Gasteiger partial charge in [-0.25, -0.2) is 9.78 Å². The minimum Gasteiger partial charge on any atom is -0.456 e. The molecule has 6 heteroatoms. The lowest BCUT2D eigenvalue weighted by atomic mass is 10.2. The van der Waals surface area contributed by atoms with Crippen LogP contribution in [0.5, 0.6) is 0 Å². The monoisotopic (exact) mass is 284 g/mol. The van der Waals surface area contributed by atoms with Crippen molar-refractivity contribution in [1.29, 1.82) is 0 Å². The third-order valence-corrected chi connectivity index (χ3v) is 3.43. The summed E-state index contributed by atoms with van der Waals surface area (Å²) in [5.41, 5.74) is 0.395. The van der Waals surface area contributed by atoms with E-state index in [0.717, 1.165) is 19.3 Å². The molecule has 1 fully saturated rings. The first-order valence-electron chi connectivity index (χ1n) is 6.23. The summed E-state index contributed by atoms with van der Waals surface area (Å²) < 4.78 is 10.8. The summed E-state index contributed by atoms with van der Waals surface area (Å²) in [6, 6.07) is 3.12. The first-order valence-corrected chi connectivity index (χ1v) is 6.61. The number of hydrogen-bond donors (Lipinski definition) is 1. The van der Waals surface area contributed by atoms with Crippen molar-refractivity contribution in [3.63, 3.8) is 0 Å². The third-order valence-electron chi connectivity index (χ3n) is 3.24. The maximum atomic E-state index is 12.1. The number of esters is 1. The topological polar surface area (TPSA) is 60.5 Å². The van der Waals surface area contributed by atoms with Gasteiger partial charge in [-0.2, -0.15) is 0 Å². The smallest absolute Gasteiger partial charge is 0.338 e. The van der Waals surface area contributed by atoms with Gasteiger partial charge in [0.25, 0.3) is 0 Å². The van der Waals surface area contributed by atoms with E-state index in [1.165, 1.54) is 6.07 Å². The summed E-state index contributed by atoms with van der Waals surface area (Å²) in [5, 5.41) is 3.11. The SMILES string of the molecule is CNc1cc(C(=O)O[C@H]2CCC[C@@H]2OC)cc(Cl)n1. The van der Waals surface area contributed by atoms with Gasteiger partial charge in [0.05, 0.1) is 11.7 Å². The summed E-state index contributed by atoms with van der Waals surface area (Å²) in [4.78, 5) is 16.1. The van der Waals surface area contributed by atoms with Crippen molar-refractivity contribution in [1.82, 2.24) is 4.98 Å². The van der Waals surface area contributed by atoms with Crippen LogP contribution in [0.2, 0.25) is 5.15 Å². The fraction of sp³-hybridized carbons (Fsp3) is 0.538. The fourth-order valence-electron chi connectivity index (χ4n) is 2.24. The zero-order chi connectivity index (χ0) is 13.8. The molecule has 1 aliphatic rings. The highest BCUT2D eigenvalue weighted by Crippen LogP contribution is 2.26. The Balaban J connectivity index is 2.09. The lowest BCUT2D eigenvalue weighted by molar-refractivity contribution is -0.0206. The molecule has 2 rings (SSSR count). The van der Waals surface area contributed by atoms with E-state index in [1.54, 1.807) is 20.2 Å². The quantitative estimate of drug-likeness (QED) is 0.680. The van der Waals surface area contributed by atoms with Gasteiger partial charge in [0.15, 0.2) is 0 Å². The van der Waals surface area contributed by atoms with Crippen LogP contribution in [0.1, 0.15) is 29.6 Å². The molecule has 1 heterocycles. The van der Waals surface area contributed by atoms with Gasteiger partial charge in [0.2, 0.25) is 0 Å². The number of carbonyl (C=O) groups excluding carboxylic acids is 1. The van der Waals surface area contributed by atoms with Crippen LogP contribution in [0.4, 0.5) is 5.82 Å². The Morgan fingerprint density at radius 1 is 1.42 bits per heavy atom.